The molecule has 4 heterocycles. The number of nitrogens with one attached hydrogen (secondary N) is 1. The van der Waals surface area contributed by atoms with E-state index in [0.717, 1.165) is 0 Å². The zero-order valence-electron chi connectivity index (χ0n) is 16.9. The highest BCUT2D eigenvalue weighted by molar-refractivity contribution is 5.67. The summed E-state index contributed by atoms with van der Waals surface area (Å²) in [5.41, 5.74) is 1.04. The summed E-state index contributed by atoms with van der Waals surface area (Å²) in [7, 11) is 0. The summed E-state index contributed by atoms with van der Waals surface area (Å²) < 4.78 is 48.2. The van der Waals surface area contributed by atoms with Crippen molar-refractivity contribution in [2.45, 2.75) is 18.8 Å². The molecule has 1 saturated carbocycles. The number of H-pyrrole nitrogens is 1. The predicted molar refractivity (Wildman–Crippen MR) is 107 cm³/mol. The Morgan fingerprint density at radius 2 is 2.03 bits per heavy atom. The molecule has 1 aromatic carbocycles. The molecule has 4 aromatic rings. The molecule has 2 atom stereocenters. The van der Waals surface area contributed by atoms with Crippen LogP contribution in [0.25, 0.3) is 11.2 Å². The first-order valence-electron chi connectivity index (χ1n) is 10.2. The molecule has 1 saturated heterocycles. The molecule has 0 radical (unpaired) electrons. The molecule has 0 spiro atoms. The Labute approximate surface area is 183 Å². The number of aromatic nitrogens is 6. The molecule has 1 aliphatic carbocycles. The highest BCUT2D eigenvalue weighted by atomic mass is 19.4. The minimum atomic E-state index is -4.72. The fourth-order valence-corrected chi connectivity index (χ4v) is 4.59. The summed E-state index contributed by atoms with van der Waals surface area (Å²) in [6, 6.07) is 5.98. The van der Waals surface area contributed by atoms with Gasteiger partial charge in [-0.15, -0.1) is 13.2 Å². The maximum Gasteiger partial charge on any atom is 0.573 e. The fraction of sp³-hybridized carbons (Fsp3) is 0.350. The molecule has 33 heavy (non-hydrogen) atoms. The maximum atomic E-state index is 12.5. The number of fused-ring (bicyclic) bond motifs is 2. The van der Waals surface area contributed by atoms with E-state index in [9.17, 15) is 18.0 Å². The average molecular weight is 459 g/mol. The lowest BCUT2D eigenvalue weighted by molar-refractivity contribution is -0.274. The molecule has 6 rings (SSSR count). The van der Waals surface area contributed by atoms with Crippen LogP contribution < -0.4 is 15.2 Å². The number of imidazole rings is 1. The van der Waals surface area contributed by atoms with Crippen molar-refractivity contribution < 1.29 is 22.4 Å². The first kappa shape index (κ1) is 19.8. The smallest absolute Gasteiger partial charge is 0.406 e. The molecule has 10 nitrogen and oxygen atoms in total. The zero-order valence-corrected chi connectivity index (χ0v) is 16.9. The lowest BCUT2D eigenvalue weighted by Gasteiger charge is -2.22. The Hall–Kier alpha value is -3.90. The van der Waals surface area contributed by atoms with E-state index in [2.05, 4.69) is 29.8 Å². The molecule has 13 heteroatoms. The van der Waals surface area contributed by atoms with Crippen LogP contribution in [0.3, 0.4) is 0 Å². The maximum absolute atomic E-state index is 12.5. The van der Waals surface area contributed by atoms with Crippen LogP contribution in [0.4, 0.5) is 18.9 Å². The first-order valence-corrected chi connectivity index (χ1v) is 10.2. The molecule has 3 aromatic heterocycles. The van der Waals surface area contributed by atoms with Gasteiger partial charge in [-0.1, -0.05) is 11.2 Å². The Morgan fingerprint density at radius 1 is 1.21 bits per heavy atom. The van der Waals surface area contributed by atoms with Gasteiger partial charge in [0.05, 0.1) is 6.33 Å². The second-order valence-corrected chi connectivity index (χ2v) is 8.13. The lowest BCUT2D eigenvalue weighted by atomic mass is 10.2. The van der Waals surface area contributed by atoms with E-state index in [-0.39, 0.29) is 35.6 Å². The number of aromatic amines is 1. The fourth-order valence-electron chi connectivity index (χ4n) is 4.59. The molecule has 0 bridgehead atoms. The largest absolute Gasteiger partial charge is 0.573 e. The minimum Gasteiger partial charge on any atom is -0.406 e. The number of alkyl halides is 3. The SMILES string of the molecule is O=c1c2[nH]cnc2ncn1Cc1nc(C2C3CN(c4cccc(OC(F)(F)F)c4)CC32)no1. The van der Waals surface area contributed by atoms with E-state index < -0.39 is 6.36 Å². The number of anilines is 1. The second-order valence-electron chi connectivity index (χ2n) is 8.13. The molecule has 1 aliphatic heterocycles. The van der Waals surface area contributed by atoms with Crippen molar-refractivity contribution in [2.24, 2.45) is 11.8 Å². The number of hydrogen-bond acceptors (Lipinski definition) is 8. The Bertz CT molecular complexity index is 1380. The van der Waals surface area contributed by atoms with Crippen LogP contribution in [0.2, 0.25) is 0 Å². The van der Waals surface area contributed by atoms with Crippen molar-refractivity contribution in [1.29, 1.82) is 0 Å². The van der Waals surface area contributed by atoms with Crippen LogP contribution in [-0.2, 0) is 6.54 Å². The first-order chi connectivity index (χ1) is 15.9. The van der Waals surface area contributed by atoms with E-state index in [4.69, 9.17) is 4.52 Å². The van der Waals surface area contributed by atoms with Gasteiger partial charge < -0.3 is 19.1 Å². The predicted octanol–water partition coefficient (Wildman–Crippen LogP) is 2.30. The molecule has 2 aliphatic rings. The zero-order chi connectivity index (χ0) is 22.7. The lowest BCUT2D eigenvalue weighted by Crippen LogP contribution is -2.24. The topological polar surface area (TPSA) is 115 Å². The summed E-state index contributed by atoms with van der Waals surface area (Å²) in [6.07, 6.45) is -1.93. The van der Waals surface area contributed by atoms with Crippen LogP contribution in [-0.4, -0.2) is 49.1 Å². The molecule has 170 valence electrons. The summed E-state index contributed by atoms with van der Waals surface area (Å²) in [5, 5.41) is 4.09. The third-order valence-electron chi connectivity index (χ3n) is 6.11. The molecular weight excluding hydrogens is 443 g/mol. The van der Waals surface area contributed by atoms with Crippen LogP contribution >= 0.6 is 0 Å². The van der Waals surface area contributed by atoms with Gasteiger partial charge in [0.2, 0.25) is 5.89 Å². The number of ether oxygens (including phenoxy) is 1. The molecular formula is C20H16F3N7O3. The molecule has 0 amide bonds. The summed E-state index contributed by atoms with van der Waals surface area (Å²) in [6.45, 7) is 1.44. The van der Waals surface area contributed by atoms with Gasteiger partial charge >= 0.3 is 6.36 Å². The van der Waals surface area contributed by atoms with Crippen molar-refractivity contribution in [2.75, 3.05) is 18.0 Å². The van der Waals surface area contributed by atoms with Gasteiger partial charge in [0.25, 0.3) is 5.56 Å². The number of halogens is 3. The van der Waals surface area contributed by atoms with Gasteiger partial charge in [-0.2, -0.15) is 4.98 Å². The summed E-state index contributed by atoms with van der Waals surface area (Å²) in [4.78, 5) is 29.8. The van der Waals surface area contributed by atoms with Crippen molar-refractivity contribution in [3.05, 3.63) is 59.0 Å². The summed E-state index contributed by atoms with van der Waals surface area (Å²) in [5.74, 6) is 1.34. The second kappa shape index (κ2) is 7.05. The highest BCUT2D eigenvalue weighted by Crippen LogP contribution is 2.58. The van der Waals surface area contributed by atoms with Gasteiger partial charge in [0.1, 0.15) is 18.6 Å². The van der Waals surface area contributed by atoms with E-state index in [1.54, 1.807) is 12.1 Å². The Morgan fingerprint density at radius 3 is 2.82 bits per heavy atom. The van der Waals surface area contributed by atoms with Crippen LogP contribution in [0.1, 0.15) is 17.6 Å². The van der Waals surface area contributed by atoms with Crippen molar-refractivity contribution >= 4 is 16.9 Å². The normalized spacial score (nSPS) is 22.0. The van der Waals surface area contributed by atoms with E-state index in [0.29, 0.717) is 41.7 Å². The van der Waals surface area contributed by atoms with E-state index in [1.165, 1.54) is 29.4 Å². The third-order valence-corrected chi connectivity index (χ3v) is 6.11. The third kappa shape index (κ3) is 3.58. The molecule has 2 fully saturated rings. The number of benzene rings is 1. The van der Waals surface area contributed by atoms with Crippen molar-refractivity contribution in [1.82, 2.24) is 29.7 Å². The number of piperidine rings is 1. The quantitative estimate of drug-likeness (QED) is 0.484. The van der Waals surface area contributed by atoms with Gasteiger partial charge in [-0.3, -0.25) is 9.36 Å². The Balaban J connectivity index is 1.12. The van der Waals surface area contributed by atoms with Crippen molar-refractivity contribution in [3.8, 4) is 5.75 Å². The van der Waals surface area contributed by atoms with Crippen LogP contribution in [0.5, 0.6) is 5.75 Å². The Kier molecular flexibility index (Phi) is 4.22. The number of nitrogens with zero attached hydrogens (tertiary/aromatic N) is 6. The van der Waals surface area contributed by atoms with Crippen LogP contribution in [0, 0.1) is 11.8 Å². The minimum absolute atomic E-state index is 0.0912. The van der Waals surface area contributed by atoms with E-state index >= 15 is 0 Å². The van der Waals surface area contributed by atoms with Gasteiger partial charge in [-0.05, 0) is 24.0 Å². The van der Waals surface area contributed by atoms with Gasteiger partial charge in [-0.25, -0.2) is 9.97 Å². The highest BCUT2D eigenvalue weighted by Gasteiger charge is 2.58. The summed E-state index contributed by atoms with van der Waals surface area (Å²) >= 11 is 0. The molecule has 2 unspecified atom stereocenters. The van der Waals surface area contributed by atoms with Gasteiger partial charge in [0, 0.05) is 30.8 Å². The number of hydrogen-bond donors (Lipinski definition) is 1. The molecule has 1 N–H and O–H groups in total. The monoisotopic (exact) mass is 459 g/mol. The van der Waals surface area contributed by atoms with Crippen LogP contribution in [0.15, 0.2) is 46.2 Å². The number of rotatable bonds is 5. The standard InChI is InChI=1S/C20H16F3N7O3/c21-20(22,23)32-11-3-1-2-10(4-11)29-5-12-13(6-29)15(12)17-27-14(33-28-17)7-30-9-26-18-16(19(30)31)24-8-25-18/h1-4,8-9,12-13,15H,5-7H2,(H,24,25). The van der Waals surface area contributed by atoms with E-state index in [1.807, 2.05) is 4.90 Å². The average Bonchev–Trinajstić information content (AvgIpc) is 3.25. The van der Waals surface area contributed by atoms with Crippen molar-refractivity contribution in [3.63, 3.8) is 0 Å². The van der Waals surface area contributed by atoms with Gasteiger partial charge in [0.15, 0.2) is 17.0 Å².